The Kier molecular flexibility index (Phi) is 5.89. The SMILES string of the molecule is C=CCc1ccc(-c2ccc(-c3ccc(C4=CCCCC4)cc3F)cc2)c(F)c1F. The molecule has 0 unspecified atom stereocenters. The Hall–Kier alpha value is -3.07. The number of hydrogen-bond acceptors (Lipinski definition) is 0. The molecule has 0 atom stereocenters. The predicted molar refractivity (Wildman–Crippen MR) is 118 cm³/mol. The summed E-state index contributed by atoms with van der Waals surface area (Å²) >= 11 is 0. The van der Waals surface area contributed by atoms with Crippen LogP contribution in [0.5, 0.6) is 0 Å². The minimum absolute atomic E-state index is 0.187. The monoisotopic (exact) mass is 404 g/mol. The molecular weight excluding hydrogens is 381 g/mol. The number of halogens is 3. The van der Waals surface area contributed by atoms with E-state index >= 15 is 0 Å². The molecule has 4 rings (SSSR count). The lowest BCUT2D eigenvalue weighted by Crippen LogP contribution is -1.96. The van der Waals surface area contributed by atoms with Crippen molar-refractivity contribution in [1.29, 1.82) is 0 Å². The fourth-order valence-corrected chi connectivity index (χ4v) is 4.00. The smallest absolute Gasteiger partial charge is 0.166 e. The lowest BCUT2D eigenvalue weighted by molar-refractivity contribution is 0.503. The van der Waals surface area contributed by atoms with Crippen LogP contribution in [-0.4, -0.2) is 0 Å². The summed E-state index contributed by atoms with van der Waals surface area (Å²) < 4.78 is 43.6. The molecule has 152 valence electrons. The van der Waals surface area contributed by atoms with E-state index in [0.717, 1.165) is 24.8 Å². The molecule has 0 aliphatic heterocycles. The third-order valence-electron chi connectivity index (χ3n) is 5.66. The minimum atomic E-state index is -0.876. The summed E-state index contributed by atoms with van der Waals surface area (Å²) in [6, 6.07) is 15.3. The van der Waals surface area contributed by atoms with Crippen molar-refractivity contribution >= 4 is 5.57 Å². The molecular formula is C27H23F3. The minimum Gasteiger partial charge on any atom is -0.206 e. The Morgan fingerprint density at radius 2 is 1.43 bits per heavy atom. The van der Waals surface area contributed by atoms with Crippen LogP contribution in [0.3, 0.4) is 0 Å². The fraction of sp³-hybridized carbons (Fsp3) is 0.185. The first kappa shape index (κ1) is 20.2. The Bertz CT molecular complexity index is 1110. The Balaban J connectivity index is 1.62. The van der Waals surface area contributed by atoms with Crippen molar-refractivity contribution in [2.45, 2.75) is 32.1 Å². The first-order valence-electron chi connectivity index (χ1n) is 10.3. The number of allylic oxidation sites excluding steroid dienone is 3. The van der Waals surface area contributed by atoms with Gasteiger partial charge in [-0.3, -0.25) is 0 Å². The predicted octanol–water partition coefficient (Wildman–Crippen LogP) is 8.12. The Labute approximate surface area is 175 Å². The van der Waals surface area contributed by atoms with Gasteiger partial charge in [-0.2, -0.15) is 0 Å². The largest absolute Gasteiger partial charge is 0.206 e. The molecule has 30 heavy (non-hydrogen) atoms. The van der Waals surface area contributed by atoms with E-state index in [-0.39, 0.29) is 23.4 Å². The van der Waals surface area contributed by atoms with E-state index in [0.29, 0.717) is 16.7 Å². The highest BCUT2D eigenvalue weighted by atomic mass is 19.2. The summed E-state index contributed by atoms with van der Waals surface area (Å²) in [6.07, 6.45) is 8.37. The molecule has 3 aromatic carbocycles. The summed E-state index contributed by atoms with van der Waals surface area (Å²) in [5.41, 5.74) is 4.35. The van der Waals surface area contributed by atoms with Gasteiger partial charge in [0.05, 0.1) is 0 Å². The van der Waals surface area contributed by atoms with Crippen molar-refractivity contribution in [2.75, 3.05) is 0 Å². The molecule has 1 aliphatic rings. The maximum absolute atomic E-state index is 14.8. The van der Waals surface area contributed by atoms with Crippen molar-refractivity contribution in [3.8, 4) is 22.3 Å². The van der Waals surface area contributed by atoms with Gasteiger partial charge in [0.2, 0.25) is 0 Å². The van der Waals surface area contributed by atoms with Crippen molar-refractivity contribution in [2.24, 2.45) is 0 Å². The Morgan fingerprint density at radius 1 is 0.767 bits per heavy atom. The topological polar surface area (TPSA) is 0 Å². The second kappa shape index (κ2) is 8.74. The maximum atomic E-state index is 14.8. The first-order valence-corrected chi connectivity index (χ1v) is 10.3. The van der Waals surface area contributed by atoms with Gasteiger partial charge in [-0.15, -0.1) is 6.58 Å². The lowest BCUT2D eigenvalue weighted by Gasteiger charge is -2.14. The highest BCUT2D eigenvalue weighted by Crippen LogP contribution is 2.32. The van der Waals surface area contributed by atoms with E-state index in [2.05, 4.69) is 12.7 Å². The lowest BCUT2D eigenvalue weighted by atomic mass is 9.92. The molecule has 0 heterocycles. The van der Waals surface area contributed by atoms with Gasteiger partial charge in [0.15, 0.2) is 11.6 Å². The quantitative estimate of drug-likeness (QED) is 0.377. The van der Waals surface area contributed by atoms with E-state index in [1.807, 2.05) is 6.07 Å². The molecule has 0 saturated heterocycles. The van der Waals surface area contributed by atoms with Crippen LogP contribution in [0, 0.1) is 17.5 Å². The zero-order valence-electron chi connectivity index (χ0n) is 16.7. The molecule has 3 aromatic rings. The summed E-state index contributed by atoms with van der Waals surface area (Å²) in [6.45, 7) is 3.56. The summed E-state index contributed by atoms with van der Waals surface area (Å²) in [5.74, 6) is -2.01. The molecule has 0 saturated carbocycles. The third kappa shape index (κ3) is 3.97. The number of benzene rings is 3. The van der Waals surface area contributed by atoms with Crippen molar-refractivity contribution in [1.82, 2.24) is 0 Å². The molecule has 0 fully saturated rings. The second-order valence-corrected chi connectivity index (χ2v) is 7.64. The van der Waals surface area contributed by atoms with E-state index in [9.17, 15) is 13.2 Å². The van der Waals surface area contributed by atoms with E-state index in [1.54, 1.807) is 48.5 Å². The third-order valence-corrected chi connectivity index (χ3v) is 5.66. The van der Waals surface area contributed by atoms with Gasteiger partial charge in [0, 0.05) is 11.1 Å². The van der Waals surface area contributed by atoms with Gasteiger partial charge in [-0.1, -0.05) is 60.7 Å². The highest BCUT2D eigenvalue weighted by molar-refractivity contribution is 5.74. The van der Waals surface area contributed by atoms with Gasteiger partial charge in [0.1, 0.15) is 5.82 Å². The number of rotatable bonds is 5. The molecule has 0 N–H and O–H groups in total. The van der Waals surface area contributed by atoms with Gasteiger partial charge in [-0.25, -0.2) is 13.2 Å². The van der Waals surface area contributed by atoms with Crippen molar-refractivity contribution in [3.05, 3.63) is 102 Å². The van der Waals surface area contributed by atoms with Crippen LogP contribution in [0.1, 0.15) is 36.8 Å². The van der Waals surface area contributed by atoms with E-state index in [1.165, 1.54) is 18.1 Å². The Morgan fingerprint density at radius 3 is 2.07 bits per heavy atom. The van der Waals surface area contributed by atoms with Crippen molar-refractivity contribution in [3.63, 3.8) is 0 Å². The van der Waals surface area contributed by atoms with Gasteiger partial charge >= 0.3 is 0 Å². The van der Waals surface area contributed by atoms with Crippen molar-refractivity contribution < 1.29 is 13.2 Å². The molecule has 0 bridgehead atoms. The first-order chi connectivity index (χ1) is 14.6. The van der Waals surface area contributed by atoms with Crippen LogP contribution in [-0.2, 0) is 6.42 Å². The molecule has 0 aromatic heterocycles. The van der Waals surface area contributed by atoms with Gasteiger partial charge in [-0.05, 0) is 66.0 Å². The highest BCUT2D eigenvalue weighted by Gasteiger charge is 2.15. The van der Waals surface area contributed by atoms with Crippen LogP contribution in [0.4, 0.5) is 13.2 Å². The average molecular weight is 404 g/mol. The average Bonchev–Trinajstić information content (AvgIpc) is 2.78. The van der Waals surface area contributed by atoms with E-state index < -0.39 is 11.6 Å². The van der Waals surface area contributed by atoms with Crippen LogP contribution in [0.2, 0.25) is 0 Å². The zero-order chi connectivity index (χ0) is 21.1. The zero-order valence-corrected chi connectivity index (χ0v) is 16.7. The molecule has 0 nitrogen and oxygen atoms in total. The standard InChI is InChI=1S/C27H23F3/c1-2-6-21-13-16-24(27(30)26(21)29)20-11-9-19(10-12-20)23-15-14-22(17-25(23)28)18-7-4-3-5-8-18/h2,7,9-17H,1,3-6,8H2. The summed E-state index contributed by atoms with van der Waals surface area (Å²) in [4.78, 5) is 0. The molecule has 0 radical (unpaired) electrons. The molecule has 1 aliphatic carbocycles. The van der Waals surface area contributed by atoms with E-state index in [4.69, 9.17) is 0 Å². The van der Waals surface area contributed by atoms with Gasteiger partial charge in [0.25, 0.3) is 0 Å². The van der Waals surface area contributed by atoms with Crippen LogP contribution >= 0.6 is 0 Å². The van der Waals surface area contributed by atoms with Gasteiger partial charge < -0.3 is 0 Å². The fourth-order valence-electron chi connectivity index (χ4n) is 4.00. The summed E-state index contributed by atoms with van der Waals surface area (Å²) in [7, 11) is 0. The molecule has 0 spiro atoms. The van der Waals surface area contributed by atoms with Crippen LogP contribution in [0.15, 0.2) is 73.3 Å². The molecule has 3 heteroatoms. The van der Waals surface area contributed by atoms with Crippen LogP contribution in [0.25, 0.3) is 27.8 Å². The molecule has 0 amide bonds. The summed E-state index contributed by atoms with van der Waals surface area (Å²) in [5, 5.41) is 0. The second-order valence-electron chi connectivity index (χ2n) is 7.64. The van der Waals surface area contributed by atoms with Crippen LogP contribution < -0.4 is 0 Å². The maximum Gasteiger partial charge on any atom is 0.166 e. The number of hydrogen-bond donors (Lipinski definition) is 0. The normalized spacial score (nSPS) is 13.8.